The van der Waals surface area contributed by atoms with Crippen molar-refractivity contribution in [3.05, 3.63) is 41.5 Å². The fraction of sp³-hybridized carbons (Fsp3) is 0.467. The van der Waals surface area contributed by atoms with Crippen molar-refractivity contribution >= 4 is 14.5 Å². The fourth-order valence-electron chi connectivity index (χ4n) is 3.16. The maximum absolute atomic E-state index is 2.59. The van der Waals surface area contributed by atoms with Gasteiger partial charge in [0.05, 0.1) is 0 Å². The number of halogens is 2. The zero-order chi connectivity index (χ0) is 11.8. The van der Waals surface area contributed by atoms with Crippen LogP contribution in [0.15, 0.2) is 30.3 Å². The van der Waals surface area contributed by atoms with Crippen molar-refractivity contribution in [1.29, 1.82) is 0 Å². The largest absolute Gasteiger partial charge is 2.00 e. The Kier molecular flexibility index (Phi) is 8.77. The molecule has 0 spiro atoms. The second kappa shape index (κ2) is 8.65. The molecule has 1 aliphatic heterocycles. The number of benzene rings is 1. The van der Waals surface area contributed by atoms with Crippen molar-refractivity contribution in [2.24, 2.45) is 0 Å². The average Bonchev–Trinajstić information content (AvgIpc) is 2.95. The monoisotopic (exact) mass is 361 g/mol. The molecule has 1 nitrogen and oxygen atoms in total. The molecule has 1 saturated heterocycles. The molecule has 1 fully saturated rings. The van der Waals surface area contributed by atoms with E-state index in [4.69, 9.17) is 0 Å². The third-order valence-electron chi connectivity index (χ3n) is 4.10. The molecule has 0 amide bonds. The Bertz CT molecular complexity index is 459. The van der Waals surface area contributed by atoms with E-state index in [0.717, 1.165) is 5.54 Å². The quantitative estimate of drug-likeness (QED) is 0.516. The van der Waals surface area contributed by atoms with E-state index < -0.39 is 8.80 Å². The second-order valence-corrected chi connectivity index (χ2v) is 8.81. The first-order chi connectivity index (χ1) is 8.27. The predicted octanol–water partition coefficient (Wildman–Crippen LogP) is -2.75. The van der Waals surface area contributed by atoms with Gasteiger partial charge < -0.3 is 29.7 Å². The third-order valence-corrected chi connectivity index (χ3v) is 6.09. The maximum atomic E-state index is 2.59. The molecule has 0 saturated carbocycles. The van der Waals surface area contributed by atoms with Gasteiger partial charge in [-0.15, -0.1) is 0 Å². The summed E-state index contributed by atoms with van der Waals surface area (Å²) in [5.41, 5.74) is 5.39. The van der Waals surface area contributed by atoms with E-state index in [1.807, 2.05) is 0 Å². The van der Waals surface area contributed by atoms with Crippen LogP contribution >= 0.6 is 0 Å². The summed E-state index contributed by atoms with van der Waals surface area (Å²) < 4.78 is 0. The minimum atomic E-state index is -0.645. The van der Waals surface area contributed by atoms with Crippen LogP contribution in [0.1, 0.15) is 29.5 Å². The van der Waals surface area contributed by atoms with E-state index in [9.17, 15) is 0 Å². The maximum Gasteiger partial charge on any atom is 2.00 e. The summed E-state index contributed by atoms with van der Waals surface area (Å²) in [5, 5.41) is 0. The third kappa shape index (κ3) is 3.72. The van der Waals surface area contributed by atoms with Gasteiger partial charge in [-0.3, -0.25) is 0 Å². The fourth-order valence-corrected chi connectivity index (χ4v) is 4.73. The summed E-state index contributed by atoms with van der Waals surface area (Å²) in [4.78, 5) is 2.59. The Labute approximate surface area is 151 Å². The molecule has 5 heteroatoms. The molecule has 2 aliphatic rings. The summed E-state index contributed by atoms with van der Waals surface area (Å²) in [5.74, 6) is 0. The molecule has 1 aliphatic carbocycles. The number of allylic oxidation sites excluding steroid dienone is 1. The number of hydrogen-bond donors (Lipinski definition) is 0. The molecular weight excluding hydrogens is 341 g/mol. The molecule has 1 unspecified atom stereocenters. The summed E-state index contributed by atoms with van der Waals surface area (Å²) in [7, 11) is -0.645. The molecule has 0 radical (unpaired) electrons. The van der Waals surface area contributed by atoms with E-state index in [2.05, 4.69) is 48.3 Å². The zero-order valence-corrected chi connectivity index (χ0v) is 16.3. The normalized spacial score (nSPS) is 19.6. The summed E-state index contributed by atoms with van der Waals surface area (Å²) >= 11 is 0. The topological polar surface area (TPSA) is 3.24 Å². The van der Waals surface area contributed by atoms with Gasteiger partial charge in [0, 0.05) is 33.1 Å². The molecule has 0 bridgehead atoms. The molecule has 1 aromatic rings. The second-order valence-electron chi connectivity index (χ2n) is 5.60. The van der Waals surface area contributed by atoms with Gasteiger partial charge in [-0.1, -0.05) is 43.4 Å². The van der Waals surface area contributed by atoms with Crippen LogP contribution in [-0.4, -0.2) is 26.8 Å². The van der Waals surface area contributed by atoms with Crippen LogP contribution in [-0.2, 0) is 21.7 Å². The van der Waals surface area contributed by atoms with Gasteiger partial charge in [0.1, 0.15) is 0 Å². The Morgan fingerprint density at radius 1 is 1.05 bits per heavy atom. The first-order valence-corrected chi connectivity index (χ1v) is 9.81. The molecule has 20 heavy (non-hydrogen) atoms. The van der Waals surface area contributed by atoms with Crippen LogP contribution in [0.4, 0.5) is 0 Å². The summed E-state index contributed by atoms with van der Waals surface area (Å²) in [6, 6.07) is 9.04. The van der Waals surface area contributed by atoms with Gasteiger partial charge in [-0.25, -0.2) is 0 Å². The van der Waals surface area contributed by atoms with Gasteiger partial charge in [0.15, 0.2) is 0 Å². The minimum absolute atomic E-state index is 0. The molecule has 1 heterocycles. The van der Waals surface area contributed by atoms with E-state index in [1.165, 1.54) is 37.2 Å². The number of fused-ring (bicyclic) bond motifs is 1. The van der Waals surface area contributed by atoms with Gasteiger partial charge in [0.25, 0.3) is 0 Å². The van der Waals surface area contributed by atoms with E-state index in [0.29, 0.717) is 0 Å². The van der Waals surface area contributed by atoms with Crippen LogP contribution in [0.25, 0.3) is 5.70 Å². The van der Waals surface area contributed by atoms with Crippen molar-refractivity contribution in [1.82, 2.24) is 4.90 Å². The molecule has 0 N–H and O–H groups in total. The van der Waals surface area contributed by atoms with Crippen molar-refractivity contribution in [3.8, 4) is 0 Å². The Hall–Kier alpha value is 0.271. The first kappa shape index (κ1) is 20.3. The van der Waals surface area contributed by atoms with Crippen LogP contribution in [0.5, 0.6) is 0 Å². The Morgan fingerprint density at radius 3 is 2.25 bits per heavy atom. The Balaban J connectivity index is 0.00000120. The molecular formula is C15H21Cl2NSiTi. The standard InChI is InChI=1S/C15H21NSi.2ClH.Ti/c1-17(2)15-11-14(16-9-5-6-10-16)12-7-3-4-8-13(12)15;;;/h3-4,7-8,11,15,17H,5-6,9-10H2,1-2H3;2*1H;/q;;;+2/p-2. The average molecular weight is 362 g/mol. The van der Waals surface area contributed by atoms with E-state index in [-0.39, 0.29) is 46.5 Å². The molecule has 108 valence electrons. The van der Waals surface area contributed by atoms with Gasteiger partial charge >= 0.3 is 21.7 Å². The number of hydrogen-bond acceptors (Lipinski definition) is 1. The van der Waals surface area contributed by atoms with E-state index in [1.54, 1.807) is 5.56 Å². The van der Waals surface area contributed by atoms with Gasteiger partial charge in [0.2, 0.25) is 0 Å². The first-order valence-electron chi connectivity index (χ1n) is 6.83. The smallest absolute Gasteiger partial charge is 1.00 e. The van der Waals surface area contributed by atoms with Crippen molar-refractivity contribution in [2.45, 2.75) is 31.5 Å². The molecule has 1 atom stereocenters. The van der Waals surface area contributed by atoms with Crippen LogP contribution in [0.3, 0.4) is 0 Å². The van der Waals surface area contributed by atoms with Gasteiger partial charge in [-0.2, -0.15) is 0 Å². The minimum Gasteiger partial charge on any atom is -1.00 e. The van der Waals surface area contributed by atoms with E-state index >= 15 is 0 Å². The number of likely N-dealkylation sites (tertiary alicyclic amines) is 1. The molecule has 0 aromatic heterocycles. The van der Waals surface area contributed by atoms with Crippen LogP contribution in [0.2, 0.25) is 13.1 Å². The van der Waals surface area contributed by atoms with Crippen LogP contribution in [0, 0.1) is 0 Å². The van der Waals surface area contributed by atoms with Crippen molar-refractivity contribution in [2.75, 3.05) is 13.1 Å². The Morgan fingerprint density at radius 2 is 1.65 bits per heavy atom. The number of nitrogens with zero attached hydrogens (tertiary/aromatic N) is 1. The van der Waals surface area contributed by atoms with Crippen LogP contribution < -0.4 is 24.8 Å². The van der Waals surface area contributed by atoms with Crippen molar-refractivity contribution < 1.29 is 46.5 Å². The van der Waals surface area contributed by atoms with Crippen molar-refractivity contribution in [3.63, 3.8) is 0 Å². The summed E-state index contributed by atoms with van der Waals surface area (Å²) in [6.07, 6.45) is 5.29. The SMILES string of the molecule is C[SiH](C)C1C=C(N2CCCC2)c2ccccc21.[Cl-].[Cl-].[Ti+2]. The summed E-state index contributed by atoms with van der Waals surface area (Å²) in [6.45, 7) is 7.44. The predicted molar refractivity (Wildman–Crippen MR) is 76.8 cm³/mol. The molecule has 3 rings (SSSR count). The zero-order valence-electron chi connectivity index (χ0n) is 12.1. The number of rotatable bonds is 2. The van der Waals surface area contributed by atoms with Gasteiger partial charge in [-0.05, 0) is 23.9 Å². The molecule has 1 aromatic carbocycles.